The summed E-state index contributed by atoms with van der Waals surface area (Å²) in [5.41, 5.74) is 5.05. The molecule has 0 bridgehead atoms. The summed E-state index contributed by atoms with van der Waals surface area (Å²) in [6, 6.07) is 7.35. The third-order valence-electron chi connectivity index (χ3n) is 7.32. The summed E-state index contributed by atoms with van der Waals surface area (Å²) in [6.45, 7) is 11.3. The number of H-pyrrole nitrogens is 1. The summed E-state index contributed by atoms with van der Waals surface area (Å²) in [7, 11) is 4.35. The summed E-state index contributed by atoms with van der Waals surface area (Å²) < 4.78 is 0. The van der Waals surface area contributed by atoms with Crippen LogP contribution in [0.3, 0.4) is 0 Å². The maximum atomic E-state index is 13.4. The van der Waals surface area contributed by atoms with Gasteiger partial charge >= 0.3 is 0 Å². The lowest BCUT2D eigenvalue weighted by molar-refractivity contribution is 0.0950. The molecule has 1 aliphatic carbocycles. The van der Waals surface area contributed by atoms with Crippen LogP contribution >= 0.6 is 11.8 Å². The van der Waals surface area contributed by atoms with Crippen LogP contribution in [0, 0.1) is 20.8 Å². The summed E-state index contributed by atoms with van der Waals surface area (Å²) in [5, 5.41) is 3.02. The van der Waals surface area contributed by atoms with Gasteiger partial charge < -0.3 is 20.1 Å². The summed E-state index contributed by atoms with van der Waals surface area (Å²) in [5.74, 6) is 0.815. The fraction of sp³-hybridized carbons (Fsp3) is 0.571. The van der Waals surface area contributed by atoms with Crippen LogP contribution in [0.1, 0.15) is 72.3 Å². The van der Waals surface area contributed by atoms with Gasteiger partial charge in [0, 0.05) is 52.6 Å². The second-order valence-electron chi connectivity index (χ2n) is 9.89. The minimum atomic E-state index is -0.138. The van der Waals surface area contributed by atoms with Crippen LogP contribution in [-0.4, -0.2) is 54.3 Å². The van der Waals surface area contributed by atoms with Gasteiger partial charge in [-0.05, 0) is 103 Å². The Morgan fingerprint density at radius 3 is 2.29 bits per heavy atom. The molecule has 0 radical (unpaired) electrons. The number of carbonyl (C=O) groups excluding carboxylic acids is 1. The first-order valence-electron chi connectivity index (χ1n) is 12.8. The number of aromatic amines is 1. The maximum Gasteiger partial charge on any atom is 0.253 e. The molecule has 35 heavy (non-hydrogen) atoms. The molecule has 0 spiro atoms. The quantitative estimate of drug-likeness (QED) is 0.474. The van der Waals surface area contributed by atoms with E-state index in [9.17, 15) is 9.59 Å². The van der Waals surface area contributed by atoms with Gasteiger partial charge in [-0.25, -0.2) is 0 Å². The van der Waals surface area contributed by atoms with E-state index in [0.717, 1.165) is 52.5 Å². The molecular weight excluding hydrogens is 456 g/mol. The fourth-order valence-electron chi connectivity index (χ4n) is 5.33. The number of rotatable bonds is 9. The number of anilines is 1. The third-order valence-corrected chi connectivity index (χ3v) is 8.17. The van der Waals surface area contributed by atoms with Gasteiger partial charge in [0.1, 0.15) is 0 Å². The van der Waals surface area contributed by atoms with Crippen LogP contribution in [0.5, 0.6) is 0 Å². The van der Waals surface area contributed by atoms with Crippen molar-refractivity contribution in [2.75, 3.05) is 31.3 Å². The zero-order valence-corrected chi connectivity index (χ0v) is 23.3. The van der Waals surface area contributed by atoms with E-state index in [-0.39, 0.29) is 18.0 Å². The molecule has 1 heterocycles. The Kier molecular flexibility index (Phi) is 9.47. The van der Waals surface area contributed by atoms with Gasteiger partial charge in [0.2, 0.25) is 0 Å². The van der Waals surface area contributed by atoms with Crippen LogP contribution in [0.4, 0.5) is 5.69 Å². The van der Waals surface area contributed by atoms with Crippen molar-refractivity contribution in [2.45, 2.75) is 83.8 Å². The SMILES string of the molecule is CCSc1cc(C(=O)NCc2c(C)cc(C)[nH]c2=O)c(C)c(N(CC)C2CCC(N(C)C)CC2)c1. The number of hydrogen-bond acceptors (Lipinski definition) is 5. The Hall–Kier alpha value is -2.25. The molecule has 7 heteroatoms. The minimum absolute atomic E-state index is 0.131. The van der Waals surface area contributed by atoms with E-state index in [1.54, 1.807) is 11.8 Å². The number of benzene rings is 1. The van der Waals surface area contributed by atoms with Crippen LogP contribution in [0.15, 0.2) is 27.9 Å². The molecule has 2 aromatic rings. The van der Waals surface area contributed by atoms with E-state index in [4.69, 9.17) is 0 Å². The van der Waals surface area contributed by atoms with Gasteiger partial charge in [0.15, 0.2) is 0 Å². The number of nitrogens with one attached hydrogen (secondary N) is 2. The zero-order valence-electron chi connectivity index (χ0n) is 22.5. The highest BCUT2D eigenvalue weighted by molar-refractivity contribution is 7.99. The molecule has 1 aromatic carbocycles. The number of pyridine rings is 1. The molecule has 0 atom stereocenters. The van der Waals surface area contributed by atoms with E-state index < -0.39 is 0 Å². The first kappa shape index (κ1) is 27.3. The fourth-order valence-corrected chi connectivity index (χ4v) is 6.06. The van der Waals surface area contributed by atoms with Crippen molar-refractivity contribution in [1.29, 1.82) is 0 Å². The van der Waals surface area contributed by atoms with Crippen LogP contribution in [0.2, 0.25) is 0 Å². The average molecular weight is 499 g/mol. The lowest BCUT2D eigenvalue weighted by Gasteiger charge is -2.40. The van der Waals surface area contributed by atoms with Crippen molar-refractivity contribution in [2.24, 2.45) is 0 Å². The molecule has 1 amide bonds. The number of aryl methyl sites for hydroxylation is 2. The van der Waals surface area contributed by atoms with E-state index in [1.807, 2.05) is 26.0 Å². The van der Waals surface area contributed by atoms with Crippen LogP contribution in [-0.2, 0) is 6.54 Å². The Labute approximate surface area is 214 Å². The highest BCUT2D eigenvalue weighted by Crippen LogP contribution is 2.35. The molecule has 0 unspecified atom stereocenters. The molecule has 1 saturated carbocycles. The van der Waals surface area contributed by atoms with Gasteiger partial charge in [0.25, 0.3) is 11.5 Å². The standard InChI is InChI=1S/C28H42N4O2S/c1-8-32(22-12-10-21(11-13-22)31(6)7)26-16-23(35-9-2)15-24(20(26)5)27(33)29-17-25-18(3)14-19(4)30-28(25)34/h14-16,21-22H,8-13,17H2,1-7H3,(H,29,33)(H,30,34). The predicted octanol–water partition coefficient (Wildman–Crippen LogP) is 5.04. The number of carbonyl (C=O) groups is 1. The molecule has 2 N–H and O–H groups in total. The normalized spacial score (nSPS) is 18.1. The predicted molar refractivity (Wildman–Crippen MR) is 148 cm³/mol. The summed E-state index contributed by atoms with van der Waals surface area (Å²) in [4.78, 5) is 34.6. The lowest BCUT2D eigenvalue weighted by atomic mass is 9.89. The molecule has 6 nitrogen and oxygen atoms in total. The van der Waals surface area contributed by atoms with Gasteiger partial charge in [-0.1, -0.05) is 6.92 Å². The van der Waals surface area contributed by atoms with Crippen molar-refractivity contribution < 1.29 is 4.79 Å². The second kappa shape index (κ2) is 12.1. The smallest absolute Gasteiger partial charge is 0.253 e. The van der Waals surface area contributed by atoms with Gasteiger partial charge in [-0.15, -0.1) is 11.8 Å². The maximum absolute atomic E-state index is 13.4. The Balaban J connectivity index is 1.88. The Morgan fingerprint density at radius 1 is 1.06 bits per heavy atom. The molecule has 192 valence electrons. The number of amides is 1. The summed E-state index contributed by atoms with van der Waals surface area (Å²) >= 11 is 1.76. The molecular formula is C28H42N4O2S. The molecule has 0 aliphatic heterocycles. The highest BCUT2D eigenvalue weighted by atomic mass is 32.2. The Morgan fingerprint density at radius 2 is 1.71 bits per heavy atom. The average Bonchev–Trinajstić information content (AvgIpc) is 2.81. The molecule has 1 aliphatic rings. The number of hydrogen-bond donors (Lipinski definition) is 2. The third kappa shape index (κ3) is 6.50. The number of nitrogens with zero attached hydrogens (tertiary/aromatic N) is 2. The summed E-state index contributed by atoms with van der Waals surface area (Å²) in [6.07, 6.45) is 4.74. The van der Waals surface area contributed by atoms with E-state index in [0.29, 0.717) is 23.2 Å². The van der Waals surface area contributed by atoms with Gasteiger partial charge in [-0.2, -0.15) is 0 Å². The van der Waals surface area contributed by atoms with Crippen molar-refractivity contribution in [3.63, 3.8) is 0 Å². The molecule has 1 aromatic heterocycles. The van der Waals surface area contributed by atoms with Crippen molar-refractivity contribution in [3.05, 3.63) is 56.5 Å². The zero-order chi connectivity index (χ0) is 25.7. The number of thioether (sulfide) groups is 1. The van der Waals surface area contributed by atoms with Crippen molar-refractivity contribution in [3.8, 4) is 0 Å². The topological polar surface area (TPSA) is 68.4 Å². The van der Waals surface area contributed by atoms with E-state index >= 15 is 0 Å². The molecule has 3 rings (SSSR count). The first-order chi connectivity index (χ1) is 16.7. The second-order valence-corrected chi connectivity index (χ2v) is 11.2. The van der Waals surface area contributed by atoms with Crippen LogP contribution in [0.25, 0.3) is 0 Å². The monoisotopic (exact) mass is 498 g/mol. The van der Waals surface area contributed by atoms with E-state index in [1.165, 1.54) is 12.8 Å². The first-order valence-corrected chi connectivity index (χ1v) is 13.8. The Bertz CT molecular complexity index is 1090. The van der Waals surface area contributed by atoms with Crippen molar-refractivity contribution in [1.82, 2.24) is 15.2 Å². The largest absolute Gasteiger partial charge is 0.369 e. The highest BCUT2D eigenvalue weighted by Gasteiger charge is 2.28. The number of aromatic nitrogens is 1. The van der Waals surface area contributed by atoms with Gasteiger partial charge in [0.05, 0.1) is 0 Å². The molecule has 0 saturated heterocycles. The van der Waals surface area contributed by atoms with Crippen LogP contribution < -0.4 is 15.8 Å². The minimum Gasteiger partial charge on any atom is -0.369 e. The van der Waals surface area contributed by atoms with Gasteiger partial charge in [-0.3, -0.25) is 9.59 Å². The van der Waals surface area contributed by atoms with Crippen molar-refractivity contribution >= 4 is 23.4 Å². The molecule has 1 fully saturated rings. The van der Waals surface area contributed by atoms with E-state index in [2.05, 4.69) is 61.0 Å². The lowest BCUT2D eigenvalue weighted by Crippen LogP contribution is -2.42.